The van der Waals surface area contributed by atoms with Crippen LogP contribution in [0.15, 0.2) is 48.5 Å². The molecule has 1 spiro atoms. The van der Waals surface area contributed by atoms with E-state index in [9.17, 15) is 9.59 Å². The van der Waals surface area contributed by atoms with Gasteiger partial charge in [0.05, 0.1) is 12.3 Å². The topological polar surface area (TPSA) is 64.4 Å². The summed E-state index contributed by atoms with van der Waals surface area (Å²) in [4.78, 5) is 28.3. The molecule has 1 saturated carbocycles. The molecule has 0 saturated heterocycles. The van der Waals surface area contributed by atoms with Crippen molar-refractivity contribution in [2.75, 3.05) is 18.1 Å². The summed E-state index contributed by atoms with van der Waals surface area (Å²) in [6, 6.07) is 15.0. The van der Waals surface area contributed by atoms with Gasteiger partial charge < -0.3 is 9.64 Å². The number of benzene rings is 2. The lowest BCUT2D eigenvalue weighted by atomic mass is 9.88. The molecule has 0 atom stereocenters. The number of hydrogen-bond donors (Lipinski definition) is 0. The third-order valence-electron chi connectivity index (χ3n) is 6.06. The second kappa shape index (κ2) is 7.24. The molecule has 6 nitrogen and oxygen atoms in total. The van der Waals surface area contributed by atoms with Crippen molar-refractivity contribution in [1.29, 1.82) is 0 Å². The quantitative estimate of drug-likeness (QED) is 0.557. The Morgan fingerprint density at radius 3 is 2.35 bits per heavy atom. The number of rotatable bonds is 4. The predicted molar refractivity (Wildman–Crippen MR) is 118 cm³/mol. The van der Waals surface area contributed by atoms with Crippen LogP contribution in [0.3, 0.4) is 0 Å². The molecule has 0 N–H and O–H groups in total. The lowest BCUT2D eigenvalue weighted by molar-refractivity contribution is 0.0517. The Labute approximate surface area is 185 Å². The summed E-state index contributed by atoms with van der Waals surface area (Å²) in [5.74, 6) is -0.663. The minimum Gasteiger partial charge on any atom is -0.461 e. The van der Waals surface area contributed by atoms with Crippen LogP contribution >= 0.6 is 11.6 Å². The Bertz CT molecular complexity index is 1180. The van der Waals surface area contributed by atoms with Crippen molar-refractivity contribution in [3.63, 3.8) is 0 Å². The molecule has 7 heteroatoms. The second-order valence-corrected chi connectivity index (χ2v) is 8.62. The number of esters is 1. The highest BCUT2D eigenvalue weighted by Crippen LogP contribution is 2.54. The van der Waals surface area contributed by atoms with Gasteiger partial charge in [-0.1, -0.05) is 29.3 Å². The maximum atomic E-state index is 13.8. The average molecular weight is 436 g/mol. The van der Waals surface area contributed by atoms with E-state index in [1.54, 1.807) is 40.8 Å². The normalized spacial score (nSPS) is 16.4. The van der Waals surface area contributed by atoms with E-state index in [1.165, 1.54) is 0 Å². The number of anilines is 1. The zero-order valence-electron chi connectivity index (χ0n) is 17.4. The van der Waals surface area contributed by atoms with Crippen LogP contribution in [0, 0.1) is 6.92 Å². The maximum Gasteiger partial charge on any atom is 0.359 e. The molecule has 31 heavy (non-hydrogen) atoms. The van der Waals surface area contributed by atoms with Crippen LogP contribution in [0.4, 0.5) is 5.69 Å². The van der Waals surface area contributed by atoms with Crippen LogP contribution in [0.1, 0.15) is 51.9 Å². The number of amides is 1. The van der Waals surface area contributed by atoms with Gasteiger partial charge >= 0.3 is 5.97 Å². The molecule has 2 aromatic carbocycles. The summed E-state index contributed by atoms with van der Waals surface area (Å²) in [6.07, 6.45) is 1.79. The summed E-state index contributed by atoms with van der Waals surface area (Å²) in [5.41, 5.74) is 3.75. The van der Waals surface area contributed by atoms with E-state index < -0.39 is 5.97 Å². The third-order valence-corrected chi connectivity index (χ3v) is 6.32. The van der Waals surface area contributed by atoms with Gasteiger partial charge in [0.15, 0.2) is 5.69 Å². The van der Waals surface area contributed by atoms with Crippen LogP contribution in [0.25, 0.3) is 5.69 Å². The van der Waals surface area contributed by atoms with E-state index in [4.69, 9.17) is 16.3 Å². The maximum absolute atomic E-state index is 13.8. The van der Waals surface area contributed by atoms with E-state index in [0.717, 1.165) is 24.1 Å². The van der Waals surface area contributed by atoms with E-state index in [2.05, 4.69) is 5.10 Å². The highest BCUT2D eigenvalue weighted by molar-refractivity contribution is 6.30. The Hall–Kier alpha value is -3.12. The van der Waals surface area contributed by atoms with Crippen LogP contribution in [-0.4, -0.2) is 34.8 Å². The molecule has 158 valence electrons. The van der Waals surface area contributed by atoms with Crippen LogP contribution in [0.2, 0.25) is 5.02 Å². The number of ether oxygens (including phenoxy) is 1. The number of hydrogen-bond acceptors (Lipinski definition) is 4. The highest BCUT2D eigenvalue weighted by atomic mass is 35.5. The van der Waals surface area contributed by atoms with Crippen LogP contribution in [-0.2, 0) is 10.2 Å². The largest absolute Gasteiger partial charge is 0.461 e. The minimum absolute atomic E-state index is 0.172. The molecule has 0 unspecified atom stereocenters. The highest BCUT2D eigenvalue weighted by Gasteiger charge is 2.56. The Kier molecular flexibility index (Phi) is 4.63. The molecule has 3 aromatic rings. The predicted octanol–water partition coefficient (Wildman–Crippen LogP) is 4.70. The Balaban J connectivity index is 1.71. The monoisotopic (exact) mass is 435 g/mol. The number of nitrogens with zero attached hydrogens (tertiary/aromatic N) is 3. The lowest BCUT2D eigenvalue weighted by Gasteiger charge is -2.33. The Morgan fingerprint density at radius 2 is 1.74 bits per heavy atom. The molecule has 1 amide bonds. The number of fused-ring (bicyclic) bond motifs is 2. The first kappa shape index (κ1) is 19.8. The second-order valence-electron chi connectivity index (χ2n) is 8.19. The Morgan fingerprint density at radius 1 is 1.10 bits per heavy atom. The van der Waals surface area contributed by atoms with Gasteiger partial charge in [0.25, 0.3) is 5.91 Å². The summed E-state index contributed by atoms with van der Waals surface area (Å²) in [5, 5.41) is 5.17. The summed E-state index contributed by atoms with van der Waals surface area (Å²) >= 11 is 6.06. The van der Waals surface area contributed by atoms with Crippen molar-refractivity contribution in [1.82, 2.24) is 9.78 Å². The molecule has 2 heterocycles. The molecule has 1 aromatic heterocycles. The first-order valence-corrected chi connectivity index (χ1v) is 10.8. The number of aryl methyl sites for hydroxylation is 1. The molecular formula is C24H22ClN3O3. The van der Waals surface area contributed by atoms with Crippen molar-refractivity contribution >= 4 is 29.2 Å². The number of aromatic nitrogens is 2. The van der Waals surface area contributed by atoms with Gasteiger partial charge in [0.1, 0.15) is 5.69 Å². The molecule has 0 radical (unpaired) electrons. The van der Waals surface area contributed by atoms with Crippen molar-refractivity contribution in [2.45, 2.75) is 32.1 Å². The number of carbonyl (C=O) groups excluding carboxylic acids is 2. The SMILES string of the molecule is CCOC(=O)c1nn(-c2ccc(Cl)cc2)c2c1C1(CC1)CN(c1ccc(C)cc1)C2=O. The molecule has 1 aliphatic carbocycles. The van der Waals surface area contributed by atoms with Gasteiger partial charge in [-0.15, -0.1) is 0 Å². The van der Waals surface area contributed by atoms with Crippen LogP contribution < -0.4 is 4.90 Å². The fourth-order valence-corrected chi connectivity index (χ4v) is 4.43. The van der Waals surface area contributed by atoms with E-state index in [-0.39, 0.29) is 23.6 Å². The van der Waals surface area contributed by atoms with E-state index in [1.807, 2.05) is 31.2 Å². The van der Waals surface area contributed by atoms with Crippen molar-refractivity contribution in [3.05, 3.63) is 76.1 Å². The van der Waals surface area contributed by atoms with Gasteiger partial charge in [-0.2, -0.15) is 5.10 Å². The lowest BCUT2D eigenvalue weighted by Crippen LogP contribution is -2.44. The number of carbonyl (C=O) groups is 2. The van der Waals surface area contributed by atoms with Gasteiger partial charge in [0, 0.05) is 28.2 Å². The first-order chi connectivity index (χ1) is 14.9. The third kappa shape index (κ3) is 3.22. The molecule has 0 bridgehead atoms. The van der Waals surface area contributed by atoms with Gasteiger partial charge in [-0.25, -0.2) is 9.48 Å². The molecular weight excluding hydrogens is 414 g/mol. The summed E-state index contributed by atoms with van der Waals surface area (Å²) in [6.45, 7) is 4.56. The fourth-order valence-electron chi connectivity index (χ4n) is 4.30. The first-order valence-electron chi connectivity index (χ1n) is 10.4. The minimum atomic E-state index is -0.491. The van der Waals surface area contributed by atoms with E-state index in [0.29, 0.717) is 28.5 Å². The molecule has 1 fully saturated rings. The van der Waals surface area contributed by atoms with Gasteiger partial charge in [-0.05, 0) is 63.1 Å². The standard InChI is InChI=1S/C24H22ClN3O3/c1-3-31-23(30)20-19-21(28(26-20)18-10-6-16(25)7-11-18)22(29)27(14-24(19)12-13-24)17-8-4-15(2)5-9-17/h4-11H,3,12-14H2,1-2H3. The van der Waals surface area contributed by atoms with Crippen molar-refractivity contribution < 1.29 is 14.3 Å². The summed E-state index contributed by atoms with van der Waals surface area (Å²) < 4.78 is 6.85. The van der Waals surface area contributed by atoms with Gasteiger partial charge in [-0.3, -0.25) is 4.79 Å². The molecule has 2 aliphatic rings. The zero-order chi connectivity index (χ0) is 21.8. The zero-order valence-corrected chi connectivity index (χ0v) is 18.1. The summed E-state index contributed by atoms with van der Waals surface area (Å²) in [7, 11) is 0. The van der Waals surface area contributed by atoms with Gasteiger partial charge in [0.2, 0.25) is 0 Å². The fraction of sp³-hybridized carbons (Fsp3) is 0.292. The smallest absolute Gasteiger partial charge is 0.359 e. The average Bonchev–Trinajstić information content (AvgIpc) is 3.41. The molecule has 1 aliphatic heterocycles. The van der Waals surface area contributed by atoms with Crippen molar-refractivity contribution in [2.24, 2.45) is 0 Å². The van der Waals surface area contributed by atoms with E-state index >= 15 is 0 Å². The number of halogens is 1. The van der Waals surface area contributed by atoms with Crippen molar-refractivity contribution in [3.8, 4) is 5.69 Å². The molecule has 5 rings (SSSR count). The van der Waals surface area contributed by atoms with Crippen LogP contribution in [0.5, 0.6) is 0 Å².